The molecule has 0 atom stereocenters. The number of phenols is 1. The van der Waals surface area contributed by atoms with E-state index in [4.69, 9.17) is 5.11 Å². The Bertz CT molecular complexity index is 570. The Hall–Kier alpha value is -2.36. The number of amides is 1. The van der Waals surface area contributed by atoms with E-state index >= 15 is 0 Å². The Labute approximate surface area is 110 Å². The van der Waals surface area contributed by atoms with Crippen LogP contribution in [0.5, 0.6) is 5.75 Å². The second kappa shape index (κ2) is 6.00. The monoisotopic (exact) mass is 259 g/mol. The van der Waals surface area contributed by atoms with Crippen LogP contribution in [0.3, 0.4) is 0 Å². The van der Waals surface area contributed by atoms with Gasteiger partial charge in [0.05, 0.1) is 0 Å². The summed E-state index contributed by atoms with van der Waals surface area (Å²) in [5.41, 5.74) is 1.42. The topological polar surface area (TPSA) is 49.3 Å². The number of para-hydroxylation sites is 1. The number of nitrogens with one attached hydrogen (secondary N) is 1. The van der Waals surface area contributed by atoms with Crippen molar-refractivity contribution in [2.24, 2.45) is 0 Å². The standard InChI is InChI=1S/C15H14FNO2/c16-13-10-11(6-8-14(13)18)7-9-15(19)17-12-4-2-1-3-5-12/h1-6,8,10,18H,7,9H2,(H,17,19). The van der Waals surface area contributed by atoms with Gasteiger partial charge in [-0.25, -0.2) is 4.39 Å². The highest BCUT2D eigenvalue weighted by Crippen LogP contribution is 2.17. The highest BCUT2D eigenvalue weighted by Gasteiger charge is 2.05. The molecule has 2 N–H and O–H groups in total. The lowest BCUT2D eigenvalue weighted by atomic mass is 10.1. The molecule has 0 heterocycles. The summed E-state index contributed by atoms with van der Waals surface area (Å²) in [6, 6.07) is 13.3. The van der Waals surface area contributed by atoms with Crippen molar-refractivity contribution in [3.8, 4) is 5.75 Å². The van der Waals surface area contributed by atoms with Gasteiger partial charge in [-0.15, -0.1) is 0 Å². The summed E-state index contributed by atoms with van der Waals surface area (Å²) in [7, 11) is 0. The lowest BCUT2D eigenvalue weighted by molar-refractivity contribution is -0.116. The number of aryl methyl sites for hydroxylation is 1. The summed E-state index contributed by atoms with van der Waals surface area (Å²) in [4.78, 5) is 11.7. The predicted octanol–water partition coefficient (Wildman–Crippen LogP) is 3.10. The number of benzene rings is 2. The fraction of sp³-hybridized carbons (Fsp3) is 0.133. The van der Waals surface area contributed by atoms with Crippen LogP contribution in [0.2, 0.25) is 0 Å². The van der Waals surface area contributed by atoms with Crippen LogP contribution in [-0.4, -0.2) is 11.0 Å². The van der Waals surface area contributed by atoms with Crippen molar-refractivity contribution in [1.29, 1.82) is 0 Å². The van der Waals surface area contributed by atoms with Crippen LogP contribution in [0, 0.1) is 5.82 Å². The van der Waals surface area contributed by atoms with Gasteiger partial charge in [0, 0.05) is 12.1 Å². The largest absolute Gasteiger partial charge is 0.505 e. The van der Waals surface area contributed by atoms with Crippen LogP contribution in [0.1, 0.15) is 12.0 Å². The van der Waals surface area contributed by atoms with Gasteiger partial charge in [-0.1, -0.05) is 24.3 Å². The second-order valence-electron chi connectivity index (χ2n) is 4.20. The molecule has 0 saturated carbocycles. The molecule has 0 fully saturated rings. The molecule has 4 heteroatoms. The third kappa shape index (κ3) is 3.81. The lowest BCUT2D eigenvalue weighted by Crippen LogP contribution is -2.12. The Kier molecular flexibility index (Phi) is 4.13. The van der Waals surface area contributed by atoms with E-state index in [2.05, 4.69) is 5.32 Å². The van der Waals surface area contributed by atoms with Gasteiger partial charge in [0.2, 0.25) is 5.91 Å². The number of carbonyl (C=O) groups is 1. The van der Waals surface area contributed by atoms with E-state index in [1.165, 1.54) is 12.1 Å². The first-order chi connectivity index (χ1) is 9.15. The normalized spacial score (nSPS) is 10.2. The van der Waals surface area contributed by atoms with E-state index in [0.29, 0.717) is 12.0 Å². The van der Waals surface area contributed by atoms with Crippen molar-refractivity contribution >= 4 is 11.6 Å². The summed E-state index contributed by atoms with van der Waals surface area (Å²) >= 11 is 0. The van der Waals surface area contributed by atoms with Gasteiger partial charge in [0.15, 0.2) is 11.6 Å². The van der Waals surface area contributed by atoms with Crippen molar-refractivity contribution in [2.45, 2.75) is 12.8 Å². The number of carbonyl (C=O) groups excluding carboxylic acids is 1. The van der Waals surface area contributed by atoms with E-state index in [0.717, 1.165) is 5.69 Å². The Balaban J connectivity index is 1.88. The molecule has 0 aliphatic rings. The number of hydrogen-bond acceptors (Lipinski definition) is 2. The molecule has 2 aromatic rings. The molecule has 2 aromatic carbocycles. The molecular formula is C15H14FNO2. The zero-order valence-corrected chi connectivity index (χ0v) is 10.3. The zero-order valence-electron chi connectivity index (χ0n) is 10.3. The smallest absolute Gasteiger partial charge is 0.224 e. The molecule has 3 nitrogen and oxygen atoms in total. The molecule has 0 aromatic heterocycles. The zero-order chi connectivity index (χ0) is 13.7. The number of aromatic hydroxyl groups is 1. The van der Waals surface area contributed by atoms with Crippen LogP contribution >= 0.6 is 0 Å². The minimum atomic E-state index is -0.666. The maximum Gasteiger partial charge on any atom is 0.224 e. The Morgan fingerprint density at radius 1 is 1.16 bits per heavy atom. The first kappa shape index (κ1) is 13.1. The molecule has 19 heavy (non-hydrogen) atoms. The third-order valence-electron chi connectivity index (χ3n) is 2.71. The van der Waals surface area contributed by atoms with E-state index in [9.17, 15) is 9.18 Å². The molecule has 98 valence electrons. The van der Waals surface area contributed by atoms with Crippen molar-refractivity contribution in [2.75, 3.05) is 5.32 Å². The molecule has 0 bridgehead atoms. The maximum absolute atomic E-state index is 13.1. The molecule has 1 amide bonds. The first-order valence-corrected chi connectivity index (χ1v) is 5.97. The molecule has 0 aliphatic carbocycles. The Morgan fingerprint density at radius 3 is 2.58 bits per heavy atom. The SMILES string of the molecule is O=C(CCc1ccc(O)c(F)c1)Nc1ccccc1. The van der Waals surface area contributed by atoms with E-state index in [-0.39, 0.29) is 18.1 Å². The van der Waals surface area contributed by atoms with Crippen LogP contribution < -0.4 is 5.32 Å². The minimum Gasteiger partial charge on any atom is -0.505 e. The quantitative estimate of drug-likeness (QED) is 0.886. The van der Waals surface area contributed by atoms with Gasteiger partial charge in [0.1, 0.15) is 0 Å². The van der Waals surface area contributed by atoms with Gasteiger partial charge in [-0.05, 0) is 36.2 Å². The van der Waals surface area contributed by atoms with Crippen molar-refractivity contribution < 1.29 is 14.3 Å². The number of anilines is 1. The highest BCUT2D eigenvalue weighted by atomic mass is 19.1. The fourth-order valence-electron chi connectivity index (χ4n) is 1.71. The van der Waals surface area contributed by atoms with Gasteiger partial charge in [-0.3, -0.25) is 4.79 Å². The third-order valence-corrected chi connectivity index (χ3v) is 2.71. The average molecular weight is 259 g/mol. The number of phenolic OH excluding ortho intramolecular Hbond substituents is 1. The van der Waals surface area contributed by atoms with Crippen molar-refractivity contribution in [3.05, 3.63) is 59.9 Å². The summed E-state index contributed by atoms with van der Waals surface area (Å²) < 4.78 is 13.1. The molecule has 0 spiro atoms. The average Bonchev–Trinajstić information content (AvgIpc) is 2.41. The Morgan fingerprint density at radius 2 is 1.89 bits per heavy atom. The van der Waals surface area contributed by atoms with Gasteiger partial charge >= 0.3 is 0 Å². The van der Waals surface area contributed by atoms with Crippen molar-refractivity contribution in [1.82, 2.24) is 0 Å². The fourth-order valence-corrected chi connectivity index (χ4v) is 1.71. The van der Waals surface area contributed by atoms with Crippen LogP contribution in [0.4, 0.5) is 10.1 Å². The van der Waals surface area contributed by atoms with E-state index < -0.39 is 5.82 Å². The van der Waals surface area contributed by atoms with Gasteiger partial charge in [0.25, 0.3) is 0 Å². The molecular weight excluding hydrogens is 245 g/mol. The first-order valence-electron chi connectivity index (χ1n) is 5.97. The van der Waals surface area contributed by atoms with Crippen LogP contribution in [0.15, 0.2) is 48.5 Å². The number of rotatable bonds is 4. The summed E-state index contributed by atoms with van der Waals surface area (Å²) in [5.74, 6) is -1.17. The molecule has 0 radical (unpaired) electrons. The lowest BCUT2D eigenvalue weighted by Gasteiger charge is -2.05. The highest BCUT2D eigenvalue weighted by molar-refractivity contribution is 5.90. The summed E-state index contributed by atoms with van der Waals surface area (Å²) in [5, 5.41) is 11.8. The van der Waals surface area contributed by atoms with Crippen molar-refractivity contribution in [3.63, 3.8) is 0 Å². The van der Waals surface area contributed by atoms with Gasteiger partial charge < -0.3 is 10.4 Å². The van der Waals surface area contributed by atoms with Gasteiger partial charge in [-0.2, -0.15) is 0 Å². The summed E-state index contributed by atoms with van der Waals surface area (Å²) in [6.07, 6.45) is 0.689. The maximum atomic E-state index is 13.1. The van der Waals surface area contributed by atoms with E-state index in [1.54, 1.807) is 18.2 Å². The van der Waals surface area contributed by atoms with Crippen LogP contribution in [-0.2, 0) is 11.2 Å². The molecule has 0 unspecified atom stereocenters. The number of halogens is 1. The summed E-state index contributed by atoms with van der Waals surface area (Å²) in [6.45, 7) is 0. The predicted molar refractivity (Wildman–Crippen MR) is 71.5 cm³/mol. The number of hydrogen-bond donors (Lipinski definition) is 2. The molecule has 0 saturated heterocycles. The second-order valence-corrected chi connectivity index (χ2v) is 4.20. The van der Waals surface area contributed by atoms with Crippen LogP contribution in [0.25, 0.3) is 0 Å². The molecule has 0 aliphatic heterocycles. The van der Waals surface area contributed by atoms with E-state index in [1.807, 2.05) is 18.2 Å². The minimum absolute atomic E-state index is 0.125. The molecule has 2 rings (SSSR count).